The summed E-state index contributed by atoms with van der Waals surface area (Å²) in [7, 11) is -7.19. The van der Waals surface area contributed by atoms with Gasteiger partial charge in [0.2, 0.25) is 20.0 Å². The zero-order chi connectivity index (χ0) is 20.0. The van der Waals surface area contributed by atoms with Crippen LogP contribution in [0.4, 0.5) is 0 Å². The number of benzene rings is 2. The molecule has 1 heterocycles. The van der Waals surface area contributed by atoms with Crippen LogP contribution in [0.1, 0.15) is 19.3 Å². The second-order valence-electron chi connectivity index (χ2n) is 6.50. The standard InChI is InChI=1S/C19H24N2O4S3/c22-27(23,20-13-6-16-26-17-7-2-1-3-8-17)18-9-11-19(12-10-18)28(24,25)21-14-4-5-15-21/h1-3,7-12,20H,4-6,13-16H2. The Hall–Kier alpha value is -1.39. The summed E-state index contributed by atoms with van der Waals surface area (Å²) in [6.07, 6.45) is 2.41. The van der Waals surface area contributed by atoms with E-state index in [1.165, 1.54) is 28.6 Å². The van der Waals surface area contributed by atoms with Crippen molar-refractivity contribution in [2.24, 2.45) is 0 Å². The van der Waals surface area contributed by atoms with Crippen molar-refractivity contribution < 1.29 is 16.8 Å². The molecule has 1 aliphatic heterocycles. The van der Waals surface area contributed by atoms with Crippen LogP contribution in [0, 0.1) is 0 Å². The zero-order valence-corrected chi connectivity index (χ0v) is 17.9. The van der Waals surface area contributed by atoms with Gasteiger partial charge in [-0.15, -0.1) is 11.8 Å². The maximum atomic E-state index is 12.5. The lowest BCUT2D eigenvalue weighted by Gasteiger charge is -2.15. The minimum absolute atomic E-state index is 0.0728. The Morgan fingerprint density at radius 1 is 0.857 bits per heavy atom. The lowest BCUT2D eigenvalue weighted by Crippen LogP contribution is -2.28. The van der Waals surface area contributed by atoms with Crippen molar-refractivity contribution >= 4 is 31.8 Å². The molecule has 0 saturated carbocycles. The lowest BCUT2D eigenvalue weighted by molar-refractivity contribution is 0.477. The Bertz CT molecular complexity index is 970. The molecule has 28 heavy (non-hydrogen) atoms. The van der Waals surface area contributed by atoms with Gasteiger partial charge in [0, 0.05) is 24.5 Å². The van der Waals surface area contributed by atoms with Crippen molar-refractivity contribution in [3.63, 3.8) is 0 Å². The molecule has 0 bridgehead atoms. The summed E-state index contributed by atoms with van der Waals surface area (Å²) in [5, 5.41) is 0. The van der Waals surface area contributed by atoms with E-state index in [1.54, 1.807) is 11.8 Å². The van der Waals surface area contributed by atoms with Gasteiger partial charge >= 0.3 is 0 Å². The predicted octanol–water partition coefficient (Wildman–Crippen LogP) is 2.93. The number of rotatable bonds is 9. The fraction of sp³-hybridized carbons (Fsp3) is 0.368. The number of nitrogens with zero attached hydrogens (tertiary/aromatic N) is 1. The minimum Gasteiger partial charge on any atom is -0.211 e. The SMILES string of the molecule is O=S(=O)(NCCCSc1ccccc1)c1ccc(S(=O)(=O)N2CCCC2)cc1. The number of hydrogen-bond acceptors (Lipinski definition) is 5. The number of thioether (sulfide) groups is 1. The van der Waals surface area contributed by atoms with E-state index in [0.717, 1.165) is 23.5 Å². The van der Waals surface area contributed by atoms with Gasteiger partial charge in [0.05, 0.1) is 9.79 Å². The molecule has 3 rings (SSSR count). The first-order valence-electron chi connectivity index (χ1n) is 9.17. The first kappa shape index (κ1) is 21.3. The highest BCUT2D eigenvalue weighted by molar-refractivity contribution is 7.99. The van der Waals surface area contributed by atoms with Crippen molar-refractivity contribution in [3.8, 4) is 0 Å². The normalized spacial score (nSPS) is 15.7. The van der Waals surface area contributed by atoms with Gasteiger partial charge in [-0.3, -0.25) is 0 Å². The first-order chi connectivity index (χ1) is 13.4. The van der Waals surface area contributed by atoms with Crippen LogP contribution in [-0.2, 0) is 20.0 Å². The highest BCUT2D eigenvalue weighted by Crippen LogP contribution is 2.22. The molecular formula is C19H24N2O4S3. The van der Waals surface area contributed by atoms with Gasteiger partial charge in [0.25, 0.3) is 0 Å². The van der Waals surface area contributed by atoms with E-state index in [2.05, 4.69) is 4.72 Å². The lowest BCUT2D eigenvalue weighted by atomic mass is 10.4. The molecule has 2 aromatic carbocycles. The van der Waals surface area contributed by atoms with E-state index in [0.29, 0.717) is 26.1 Å². The van der Waals surface area contributed by atoms with Crippen LogP contribution in [0.25, 0.3) is 0 Å². The number of hydrogen-bond donors (Lipinski definition) is 1. The quantitative estimate of drug-likeness (QED) is 0.479. The van der Waals surface area contributed by atoms with Gasteiger partial charge in [0.15, 0.2) is 0 Å². The van der Waals surface area contributed by atoms with E-state index in [-0.39, 0.29) is 9.79 Å². The van der Waals surface area contributed by atoms with Gasteiger partial charge in [-0.25, -0.2) is 21.6 Å². The molecule has 0 amide bonds. The summed E-state index contributed by atoms with van der Waals surface area (Å²) in [6, 6.07) is 15.4. The maximum Gasteiger partial charge on any atom is 0.243 e. The van der Waals surface area contributed by atoms with Gasteiger partial charge in [0.1, 0.15) is 0 Å². The molecule has 1 saturated heterocycles. The smallest absolute Gasteiger partial charge is 0.211 e. The summed E-state index contributed by atoms with van der Waals surface area (Å²) >= 11 is 1.68. The molecule has 0 aliphatic carbocycles. The molecule has 1 fully saturated rings. The van der Waals surface area contributed by atoms with Gasteiger partial charge in [-0.05, 0) is 61.4 Å². The molecule has 0 radical (unpaired) electrons. The third kappa shape index (κ3) is 5.36. The number of nitrogens with one attached hydrogen (secondary N) is 1. The van der Waals surface area contributed by atoms with Crippen molar-refractivity contribution in [1.29, 1.82) is 0 Å². The third-order valence-electron chi connectivity index (χ3n) is 4.46. The molecule has 1 aliphatic rings. The van der Waals surface area contributed by atoms with Crippen LogP contribution in [0.2, 0.25) is 0 Å². The highest BCUT2D eigenvalue weighted by atomic mass is 32.2. The summed E-state index contributed by atoms with van der Waals surface area (Å²) in [4.78, 5) is 1.36. The van der Waals surface area contributed by atoms with Crippen molar-refractivity contribution in [2.75, 3.05) is 25.4 Å². The maximum absolute atomic E-state index is 12.5. The average Bonchev–Trinajstić information content (AvgIpc) is 3.24. The molecule has 2 aromatic rings. The Morgan fingerprint density at radius 2 is 1.46 bits per heavy atom. The Balaban J connectivity index is 1.53. The second kappa shape index (κ2) is 9.41. The zero-order valence-electron chi connectivity index (χ0n) is 15.5. The molecule has 9 heteroatoms. The van der Waals surface area contributed by atoms with E-state index >= 15 is 0 Å². The Kier molecular flexibility index (Phi) is 7.16. The van der Waals surface area contributed by atoms with Crippen LogP contribution >= 0.6 is 11.8 Å². The highest BCUT2D eigenvalue weighted by Gasteiger charge is 2.27. The van der Waals surface area contributed by atoms with Crippen LogP contribution < -0.4 is 4.72 Å². The Morgan fingerprint density at radius 3 is 2.11 bits per heavy atom. The third-order valence-corrected chi connectivity index (χ3v) is 8.95. The monoisotopic (exact) mass is 440 g/mol. The fourth-order valence-electron chi connectivity index (χ4n) is 2.94. The largest absolute Gasteiger partial charge is 0.243 e. The van der Waals surface area contributed by atoms with Crippen molar-refractivity contribution in [1.82, 2.24) is 9.03 Å². The molecule has 1 N–H and O–H groups in total. The number of sulfonamides is 2. The second-order valence-corrected chi connectivity index (χ2v) is 11.4. The summed E-state index contributed by atoms with van der Waals surface area (Å²) in [6.45, 7) is 1.37. The molecule has 0 spiro atoms. The van der Waals surface area contributed by atoms with Crippen molar-refractivity contribution in [3.05, 3.63) is 54.6 Å². The first-order valence-corrected chi connectivity index (χ1v) is 13.1. The molecular weight excluding hydrogens is 416 g/mol. The van der Waals surface area contributed by atoms with E-state index < -0.39 is 20.0 Å². The minimum atomic E-state index is -3.65. The van der Waals surface area contributed by atoms with E-state index in [1.807, 2.05) is 30.3 Å². The fourth-order valence-corrected chi connectivity index (χ4v) is 6.40. The van der Waals surface area contributed by atoms with Crippen LogP contribution in [0.5, 0.6) is 0 Å². The summed E-state index contributed by atoms with van der Waals surface area (Å²) in [5.74, 6) is 0.805. The van der Waals surface area contributed by atoms with E-state index in [4.69, 9.17) is 0 Å². The van der Waals surface area contributed by atoms with Crippen LogP contribution in [0.3, 0.4) is 0 Å². The molecule has 0 unspecified atom stereocenters. The van der Waals surface area contributed by atoms with Crippen LogP contribution in [-0.4, -0.2) is 46.5 Å². The van der Waals surface area contributed by atoms with E-state index in [9.17, 15) is 16.8 Å². The molecule has 152 valence electrons. The molecule has 0 atom stereocenters. The van der Waals surface area contributed by atoms with Gasteiger partial charge in [-0.1, -0.05) is 18.2 Å². The van der Waals surface area contributed by atoms with Gasteiger partial charge < -0.3 is 0 Å². The summed E-state index contributed by atoms with van der Waals surface area (Å²) in [5.41, 5.74) is 0. The topological polar surface area (TPSA) is 83.5 Å². The predicted molar refractivity (Wildman–Crippen MR) is 111 cm³/mol. The molecule has 0 aromatic heterocycles. The van der Waals surface area contributed by atoms with Gasteiger partial charge in [-0.2, -0.15) is 4.31 Å². The molecule has 6 nitrogen and oxygen atoms in total. The summed E-state index contributed by atoms with van der Waals surface area (Å²) < 4.78 is 53.9. The average molecular weight is 441 g/mol. The van der Waals surface area contributed by atoms with Crippen molar-refractivity contribution in [2.45, 2.75) is 33.9 Å². The Labute approximate surface area is 171 Å². The van der Waals surface area contributed by atoms with Crippen LogP contribution in [0.15, 0.2) is 69.3 Å².